The maximum atomic E-state index is 12.8. The zero-order valence-corrected chi connectivity index (χ0v) is 17.5. The van der Waals surface area contributed by atoms with Crippen LogP contribution in [0.1, 0.15) is 27.0 Å². The van der Waals surface area contributed by atoms with Crippen molar-refractivity contribution in [1.29, 1.82) is 0 Å². The topological polar surface area (TPSA) is 66.0 Å². The molecular weight excluding hydrogens is 364 g/mol. The van der Waals surface area contributed by atoms with Crippen molar-refractivity contribution in [2.45, 2.75) is 20.8 Å². The quantitative estimate of drug-likeness (QED) is 0.604. The van der Waals surface area contributed by atoms with Gasteiger partial charge in [-0.3, -0.25) is 20.0 Å². The standard InChI is InChI=1S/C23H30N4O2/c1-17-4-8-21(9-5-17)25-23(24-10-11-27-12-14-29-15-13-27)26-22(28)20-7-6-18(2)19(3)16-20/h4-9,16H,10-15H2,1-3H3,(H2,24,25,26,28). The molecule has 1 aliphatic rings. The van der Waals surface area contributed by atoms with E-state index in [4.69, 9.17) is 4.74 Å². The number of guanidine groups is 1. The Morgan fingerprint density at radius 3 is 2.45 bits per heavy atom. The molecule has 0 radical (unpaired) electrons. The van der Waals surface area contributed by atoms with Gasteiger partial charge in [-0.25, -0.2) is 0 Å². The number of carbonyl (C=O) groups is 1. The minimum absolute atomic E-state index is 0.169. The highest BCUT2D eigenvalue weighted by atomic mass is 16.5. The molecule has 0 saturated carbocycles. The van der Waals surface area contributed by atoms with Crippen LogP contribution < -0.4 is 10.6 Å². The third kappa shape index (κ3) is 6.41. The van der Waals surface area contributed by atoms with E-state index >= 15 is 0 Å². The number of benzene rings is 2. The molecule has 0 aliphatic carbocycles. The Kier molecular flexibility index (Phi) is 7.38. The first-order valence-corrected chi connectivity index (χ1v) is 10.1. The van der Waals surface area contributed by atoms with Crippen LogP contribution in [0.25, 0.3) is 0 Å². The molecule has 1 fully saturated rings. The van der Waals surface area contributed by atoms with Crippen LogP contribution in [-0.2, 0) is 4.74 Å². The van der Waals surface area contributed by atoms with Gasteiger partial charge in [0.1, 0.15) is 0 Å². The normalized spacial score (nSPS) is 15.2. The number of hydrogen-bond acceptors (Lipinski definition) is 4. The lowest BCUT2D eigenvalue weighted by atomic mass is 10.1. The molecule has 3 rings (SSSR count). The Balaban J connectivity index is 1.69. The molecule has 6 nitrogen and oxygen atoms in total. The van der Waals surface area contributed by atoms with Gasteiger partial charge in [0.15, 0.2) is 0 Å². The Morgan fingerprint density at radius 1 is 1.03 bits per heavy atom. The van der Waals surface area contributed by atoms with Gasteiger partial charge in [0, 0.05) is 30.9 Å². The van der Waals surface area contributed by atoms with Crippen molar-refractivity contribution in [3.8, 4) is 0 Å². The van der Waals surface area contributed by atoms with Gasteiger partial charge in [-0.15, -0.1) is 0 Å². The van der Waals surface area contributed by atoms with Gasteiger partial charge in [-0.2, -0.15) is 0 Å². The number of ether oxygens (including phenoxy) is 1. The number of anilines is 1. The first kappa shape index (κ1) is 21.0. The summed E-state index contributed by atoms with van der Waals surface area (Å²) < 4.78 is 5.39. The lowest BCUT2D eigenvalue weighted by molar-refractivity contribution is 0.0394. The van der Waals surface area contributed by atoms with Crippen molar-refractivity contribution in [1.82, 2.24) is 10.2 Å². The van der Waals surface area contributed by atoms with Crippen LogP contribution in [-0.4, -0.2) is 56.2 Å². The monoisotopic (exact) mass is 394 g/mol. The SMILES string of the molecule is Cc1ccc(NC(=NCCN2CCOCC2)NC(=O)c2ccc(C)c(C)c2)cc1. The van der Waals surface area contributed by atoms with Gasteiger partial charge in [0.2, 0.25) is 5.96 Å². The van der Waals surface area contributed by atoms with Crippen molar-refractivity contribution in [2.75, 3.05) is 44.7 Å². The highest BCUT2D eigenvalue weighted by Gasteiger charge is 2.12. The summed E-state index contributed by atoms with van der Waals surface area (Å²) in [6, 6.07) is 13.7. The van der Waals surface area contributed by atoms with E-state index in [0.29, 0.717) is 18.1 Å². The first-order chi connectivity index (χ1) is 14.0. The van der Waals surface area contributed by atoms with E-state index in [1.54, 1.807) is 0 Å². The molecule has 1 heterocycles. The summed E-state index contributed by atoms with van der Waals surface area (Å²) in [6.45, 7) is 10.9. The Bertz CT molecular complexity index is 856. The van der Waals surface area contributed by atoms with E-state index < -0.39 is 0 Å². The summed E-state index contributed by atoms with van der Waals surface area (Å²) >= 11 is 0. The number of nitrogens with zero attached hydrogens (tertiary/aromatic N) is 2. The number of rotatable bonds is 5. The van der Waals surface area contributed by atoms with Crippen molar-refractivity contribution < 1.29 is 9.53 Å². The lowest BCUT2D eigenvalue weighted by Gasteiger charge is -2.25. The van der Waals surface area contributed by atoms with Crippen LogP contribution in [0.15, 0.2) is 47.5 Å². The van der Waals surface area contributed by atoms with E-state index in [-0.39, 0.29) is 5.91 Å². The van der Waals surface area contributed by atoms with Crippen LogP contribution in [0.4, 0.5) is 5.69 Å². The maximum Gasteiger partial charge on any atom is 0.257 e. The van der Waals surface area contributed by atoms with Crippen LogP contribution >= 0.6 is 0 Å². The molecule has 1 amide bonds. The number of carbonyl (C=O) groups excluding carboxylic acids is 1. The molecule has 29 heavy (non-hydrogen) atoms. The van der Waals surface area contributed by atoms with E-state index in [9.17, 15) is 4.79 Å². The molecule has 1 saturated heterocycles. The molecule has 2 N–H and O–H groups in total. The molecule has 0 spiro atoms. The minimum atomic E-state index is -0.169. The van der Waals surface area contributed by atoms with Gasteiger partial charge < -0.3 is 10.1 Å². The minimum Gasteiger partial charge on any atom is -0.379 e. The summed E-state index contributed by atoms with van der Waals surface area (Å²) in [5.74, 6) is 0.295. The molecule has 6 heteroatoms. The third-order valence-corrected chi connectivity index (χ3v) is 5.11. The largest absolute Gasteiger partial charge is 0.379 e. The second kappa shape index (κ2) is 10.2. The van der Waals surface area contributed by atoms with Crippen LogP contribution in [0.2, 0.25) is 0 Å². The Morgan fingerprint density at radius 2 is 1.76 bits per heavy atom. The fourth-order valence-corrected chi connectivity index (χ4v) is 3.07. The van der Waals surface area contributed by atoms with Gasteiger partial charge in [-0.05, 0) is 56.2 Å². The van der Waals surface area contributed by atoms with Crippen molar-refractivity contribution in [3.63, 3.8) is 0 Å². The molecule has 0 unspecified atom stereocenters. The fourth-order valence-electron chi connectivity index (χ4n) is 3.07. The van der Waals surface area contributed by atoms with E-state index in [1.807, 2.05) is 63.2 Å². The molecule has 154 valence electrons. The van der Waals surface area contributed by atoms with Gasteiger partial charge in [0.25, 0.3) is 5.91 Å². The van der Waals surface area contributed by atoms with Gasteiger partial charge in [0.05, 0.1) is 19.8 Å². The molecule has 2 aromatic rings. The molecular formula is C23H30N4O2. The molecule has 1 aliphatic heterocycles. The second-order valence-electron chi connectivity index (χ2n) is 7.43. The summed E-state index contributed by atoms with van der Waals surface area (Å²) in [6.07, 6.45) is 0. The second-order valence-corrected chi connectivity index (χ2v) is 7.43. The number of hydrogen-bond donors (Lipinski definition) is 2. The fraction of sp³-hybridized carbons (Fsp3) is 0.391. The molecule has 0 aromatic heterocycles. The Hall–Kier alpha value is -2.70. The number of amides is 1. The van der Waals surface area contributed by atoms with E-state index in [0.717, 1.165) is 44.1 Å². The molecule has 0 bridgehead atoms. The lowest BCUT2D eigenvalue weighted by Crippen LogP contribution is -2.39. The summed E-state index contributed by atoms with van der Waals surface area (Å²) in [7, 11) is 0. The summed E-state index contributed by atoms with van der Waals surface area (Å²) in [5, 5.41) is 6.18. The number of nitrogens with one attached hydrogen (secondary N) is 2. The zero-order chi connectivity index (χ0) is 20.6. The maximum absolute atomic E-state index is 12.8. The Labute approximate surface area is 173 Å². The summed E-state index contributed by atoms with van der Waals surface area (Å²) in [4.78, 5) is 19.7. The zero-order valence-electron chi connectivity index (χ0n) is 17.5. The van der Waals surface area contributed by atoms with Crippen LogP contribution in [0, 0.1) is 20.8 Å². The van der Waals surface area contributed by atoms with Crippen LogP contribution in [0.5, 0.6) is 0 Å². The average Bonchev–Trinajstić information content (AvgIpc) is 2.72. The third-order valence-electron chi connectivity index (χ3n) is 5.11. The number of aliphatic imine (C=N–C) groups is 1. The van der Waals surface area contributed by atoms with Crippen LogP contribution in [0.3, 0.4) is 0 Å². The van der Waals surface area contributed by atoms with E-state index in [2.05, 4.69) is 20.5 Å². The highest BCUT2D eigenvalue weighted by molar-refractivity contribution is 6.10. The van der Waals surface area contributed by atoms with Gasteiger partial charge >= 0.3 is 0 Å². The van der Waals surface area contributed by atoms with Crippen molar-refractivity contribution in [2.24, 2.45) is 4.99 Å². The van der Waals surface area contributed by atoms with Crippen molar-refractivity contribution in [3.05, 3.63) is 64.7 Å². The summed E-state index contributed by atoms with van der Waals surface area (Å²) in [5.41, 5.74) is 4.95. The smallest absolute Gasteiger partial charge is 0.257 e. The van der Waals surface area contributed by atoms with E-state index in [1.165, 1.54) is 11.1 Å². The predicted molar refractivity (Wildman–Crippen MR) is 118 cm³/mol. The number of morpholine rings is 1. The average molecular weight is 395 g/mol. The van der Waals surface area contributed by atoms with Gasteiger partial charge in [-0.1, -0.05) is 23.8 Å². The number of aryl methyl sites for hydroxylation is 3. The molecule has 0 atom stereocenters. The predicted octanol–water partition coefficient (Wildman–Crippen LogP) is 3.14. The van der Waals surface area contributed by atoms with Crippen molar-refractivity contribution >= 4 is 17.6 Å². The molecule has 2 aromatic carbocycles. The highest BCUT2D eigenvalue weighted by Crippen LogP contribution is 2.11. The first-order valence-electron chi connectivity index (χ1n) is 10.1.